The van der Waals surface area contributed by atoms with E-state index in [-0.39, 0.29) is 19.4 Å². The lowest BCUT2D eigenvalue weighted by Gasteiger charge is -2.10. The van der Waals surface area contributed by atoms with E-state index < -0.39 is 0 Å². The van der Waals surface area contributed by atoms with Crippen LogP contribution in [-0.4, -0.2) is 17.5 Å². The molecule has 0 aliphatic heterocycles. The largest absolute Gasteiger partial charge is 0.292 e. The van der Waals surface area contributed by atoms with Crippen molar-refractivity contribution in [3.05, 3.63) is 5.92 Å². The Morgan fingerprint density at radius 2 is 1.68 bits per heavy atom. The van der Waals surface area contributed by atoms with Gasteiger partial charge in [0.15, 0.2) is 0 Å². The van der Waals surface area contributed by atoms with E-state index >= 15 is 0 Å². The van der Waals surface area contributed by atoms with Crippen LogP contribution >= 0.6 is 0 Å². The first-order valence-electron chi connectivity index (χ1n) is 7.24. The fraction of sp³-hybridized carbons (Fsp3) is 0.824. The molecule has 0 aromatic carbocycles. The molecule has 0 aliphatic rings. The standard InChI is InChI=1S/C16H30NO.CH4/c1-12(2)10-8-7-9-11-15(17-14(5)6)16(18)13(3)4;/h13,15H,7-11H2,1-6H3;1H4/q+1;/p+1/t15-;/m0./s1. The van der Waals surface area contributed by atoms with Crippen LogP contribution < -0.4 is 4.99 Å². The minimum absolute atomic E-state index is 0. The highest BCUT2D eigenvalue weighted by molar-refractivity contribution is 5.85. The zero-order valence-electron chi connectivity index (χ0n) is 13.1. The Hall–Kier alpha value is -0.790. The van der Waals surface area contributed by atoms with Crippen molar-refractivity contribution in [1.82, 2.24) is 0 Å². The maximum atomic E-state index is 12.1. The third kappa shape index (κ3) is 10.8. The zero-order valence-corrected chi connectivity index (χ0v) is 13.1. The maximum Gasteiger partial charge on any atom is 0.208 e. The van der Waals surface area contributed by atoms with Gasteiger partial charge in [-0.1, -0.05) is 21.3 Å². The number of rotatable bonds is 9. The van der Waals surface area contributed by atoms with E-state index in [4.69, 9.17) is 0 Å². The normalized spacial score (nSPS) is 11.7. The fourth-order valence-corrected chi connectivity index (χ4v) is 2.04. The Bertz CT molecular complexity index is 262. The van der Waals surface area contributed by atoms with Gasteiger partial charge in [-0.2, -0.15) is 0 Å². The fourth-order valence-electron chi connectivity index (χ4n) is 2.04. The van der Waals surface area contributed by atoms with Crippen molar-refractivity contribution >= 4 is 11.5 Å². The summed E-state index contributed by atoms with van der Waals surface area (Å²) in [5.41, 5.74) is 1.13. The molecule has 0 aromatic heterocycles. The summed E-state index contributed by atoms with van der Waals surface area (Å²) in [4.78, 5) is 15.4. The Morgan fingerprint density at radius 1 is 1.11 bits per heavy atom. The highest BCUT2D eigenvalue weighted by atomic mass is 16.1. The number of carbonyl (C=O) groups excluding carboxylic acids is 1. The van der Waals surface area contributed by atoms with Gasteiger partial charge in [0.2, 0.25) is 11.8 Å². The second-order valence-corrected chi connectivity index (χ2v) is 6.06. The lowest BCUT2D eigenvalue weighted by molar-refractivity contribution is -0.489. The van der Waals surface area contributed by atoms with E-state index in [1.165, 1.54) is 25.2 Å². The van der Waals surface area contributed by atoms with Crippen LogP contribution in [0.3, 0.4) is 0 Å². The molecule has 0 heterocycles. The van der Waals surface area contributed by atoms with Crippen molar-refractivity contribution < 1.29 is 9.79 Å². The smallest absolute Gasteiger partial charge is 0.208 e. The van der Waals surface area contributed by atoms with Crippen molar-refractivity contribution in [2.24, 2.45) is 5.92 Å². The van der Waals surface area contributed by atoms with Crippen molar-refractivity contribution in [3.8, 4) is 0 Å². The summed E-state index contributed by atoms with van der Waals surface area (Å²) in [6.07, 6.45) is 5.79. The highest BCUT2D eigenvalue weighted by Gasteiger charge is 2.24. The zero-order chi connectivity index (χ0) is 14.1. The van der Waals surface area contributed by atoms with E-state index in [0.717, 1.165) is 18.6 Å². The van der Waals surface area contributed by atoms with E-state index in [0.29, 0.717) is 5.78 Å². The van der Waals surface area contributed by atoms with Gasteiger partial charge in [0, 0.05) is 26.2 Å². The molecule has 0 radical (unpaired) electrons. The van der Waals surface area contributed by atoms with Gasteiger partial charge in [-0.05, 0) is 19.3 Å². The third-order valence-corrected chi connectivity index (χ3v) is 3.04. The molecular weight excluding hydrogens is 234 g/mol. The van der Waals surface area contributed by atoms with Crippen LogP contribution in [0.25, 0.3) is 0 Å². The number of hydrogen-bond donors (Lipinski definition) is 1. The molecule has 0 amide bonds. The maximum absolute atomic E-state index is 12.1. The first-order chi connectivity index (χ1) is 8.34. The Balaban J connectivity index is 0. The molecule has 0 spiro atoms. The van der Waals surface area contributed by atoms with Gasteiger partial charge in [0.25, 0.3) is 0 Å². The molecule has 1 N–H and O–H groups in total. The Kier molecular flexibility index (Phi) is 12.0. The van der Waals surface area contributed by atoms with Crippen molar-refractivity contribution in [2.75, 3.05) is 0 Å². The van der Waals surface area contributed by atoms with Gasteiger partial charge in [-0.15, -0.1) is 0 Å². The quantitative estimate of drug-likeness (QED) is 0.388. The molecule has 0 rings (SSSR count). The first-order valence-corrected chi connectivity index (χ1v) is 7.24. The Labute approximate surface area is 121 Å². The second-order valence-electron chi connectivity index (χ2n) is 6.06. The number of Topliss-reactive ketones (excluding diaryl/α,β-unsaturated/α-hetero) is 1. The van der Waals surface area contributed by atoms with Gasteiger partial charge in [-0.3, -0.25) is 4.79 Å². The number of hydrogen-bond acceptors (Lipinski definition) is 1. The van der Waals surface area contributed by atoms with Gasteiger partial charge in [-0.25, -0.2) is 4.99 Å². The van der Waals surface area contributed by atoms with Crippen LogP contribution in [-0.2, 0) is 4.79 Å². The SMILES string of the molecule is C.CC(C)=[NH+][C@@H](CCCCC[C+](C)C)C(=O)C(C)C. The molecule has 112 valence electrons. The minimum Gasteiger partial charge on any atom is -0.292 e. The van der Waals surface area contributed by atoms with E-state index in [1.807, 2.05) is 27.7 Å². The number of unbranched alkanes of at least 4 members (excludes halogenated alkanes) is 2. The summed E-state index contributed by atoms with van der Waals surface area (Å²) in [6, 6.07) is 0.0155. The highest BCUT2D eigenvalue weighted by Crippen LogP contribution is 2.12. The van der Waals surface area contributed by atoms with Crippen LogP contribution in [0.4, 0.5) is 0 Å². The van der Waals surface area contributed by atoms with Gasteiger partial charge in [0.05, 0.1) is 26.2 Å². The lowest BCUT2D eigenvalue weighted by atomic mass is 9.96. The number of ketones is 1. The molecule has 2 nitrogen and oxygen atoms in total. The molecule has 2 heteroatoms. The molecule has 19 heavy (non-hydrogen) atoms. The summed E-state index contributed by atoms with van der Waals surface area (Å²) in [7, 11) is 0. The number of nitrogens with one attached hydrogen (secondary N) is 1. The minimum atomic E-state index is 0. The molecule has 0 aromatic rings. The monoisotopic (exact) mass is 269 g/mol. The van der Waals surface area contributed by atoms with Crippen LogP contribution in [0, 0.1) is 11.8 Å². The molecule has 0 aliphatic carbocycles. The topological polar surface area (TPSA) is 31.0 Å². The molecule has 0 unspecified atom stereocenters. The van der Waals surface area contributed by atoms with Crippen LogP contribution in [0.1, 0.15) is 81.1 Å². The van der Waals surface area contributed by atoms with Gasteiger partial charge >= 0.3 is 0 Å². The lowest BCUT2D eigenvalue weighted by Crippen LogP contribution is -2.81. The number of carbonyl (C=O) groups is 1. The van der Waals surface area contributed by atoms with Gasteiger partial charge < -0.3 is 0 Å². The van der Waals surface area contributed by atoms with Crippen molar-refractivity contribution in [1.29, 1.82) is 0 Å². The predicted molar refractivity (Wildman–Crippen MR) is 85.4 cm³/mol. The average Bonchev–Trinajstić information content (AvgIpc) is 2.24. The summed E-state index contributed by atoms with van der Waals surface area (Å²) in [5.74, 6) is 1.96. The molecule has 0 saturated heterocycles. The molecule has 1 atom stereocenters. The van der Waals surface area contributed by atoms with Crippen LogP contribution in [0.15, 0.2) is 0 Å². The molecule has 0 bridgehead atoms. The second kappa shape index (κ2) is 11.1. The Morgan fingerprint density at radius 3 is 2.11 bits per heavy atom. The van der Waals surface area contributed by atoms with E-state index in [1.54, 1.807) is 0 Å². The summed E-state index contributed by atoms with van der Waals surface area (Å²) >= 11 is 0. The first kappa shape index (κ1) is 20.5. The third-order valence-electron chi connectivity index (χ3n) is 3.04. The molecule has 0 fully saturated rings. The van der Waals surface area contributed by atoms with Gasteiger partial charge in [0.1, 0.15) is 5.71 Å². The van der Waals surface area contributed by atoms with E-state index in [2.05, 4.69) is 18.8 Å². The molecule has 0 saturated carbocycles. The summed E-state index contributed by atoms with van der Waals surface area (Å²) < 4.78 is 0. The van der Waals surface area contributed by atoms with Crippen LogP contribution in [0.5, 0.6) is 0 Å². The predicted octanol–water partition coefficient (Wildman–Crippen LogP) is 3.34. The van der Waals surface area contributed by atoms with Crippen LogP contribution in [0.2, 0.25) is 0 Å². The van der Waals surface area contributed by atoms with E-state index in [9.17, 15) is 4.79 Å². The molecular formula is C17H35NO+2. The average molecular weight is 269 g/mol. The summed E-state index contributed by atoms with van der Waals surface area (Å²) in [6.45, 7) is 12.4. The van der Waals surface area contributed by atoms with Crippen molar-refractivity contribution in [2.45, 2.75) is 87.1 Å². The van der Waals surface area contributed by atoms with Crippen molar-refractivity contribution in [3.63, 3.8) is 0 Å². The summed E-state index contributed by atoms with van der Waals surface area (Å²) in [5, 5.41) is 0.